The maximum Gasteiger partial charge on any atom is 0.350 e. The maximum atomic E-state index is 12.9. The normalized spacial score (nSPS) is 10.7. The summed E-state index contributed by atoms with van der Waals surface area (Å²) in [5.41, 5.74) is 0.757. The number of benzene rings is 2. The molecule has 35 heavy (non-hydrogen) atoms. The second-order valence-electron chi connectivity index (χ2n) is 7.47. The van der Waals surface area contributed by atoms with E-state index in [4.69, 9.17) is 4.74 Å². The molecule has 0 radical (unpaired) electrons. The zero-order chi connectivity index (χ0) is 24.8. The van der Waals surface area contributed by atoms with Gasteiger partial charge in [-0.05, 0) is 12.5 Å². The number of carbonyl (C=O) groups excluding carboxylic acids is 2. The molecular formula is C25H22N4O5S. The Labute approximate surface area is 204 Å². The van der Waals surface area contributed by atoms with Crippen LogP contribution in [0.25, 0.3) is 11.3 Å². The summed E-state index contributed by atoms with van der Waals surface area (Å²) in [5.74, 6) is -1.17. The van der Waals surface area contributed by atoms with Gasteiger partial charge < -0.3 is 10.1 Å². The van der Waals surface area contributed by atoms with Crippen molar-refractivity contribution in [2.24, 2.45) is 0 Å². The third-order valence-electron chi connectivity index (χ3n) is 5.02. The van der Waals surface area contributed by atoms with Crippen LogP contribution in [0, 0.1) is 0 Å². The highest BCUT2D eigenvalue weighted by atomic mass is 32.1. The molecule has 0 aliphatic rings. The number of hydrogen-bond acceptors (Lipinski definition) is 7. The van der Waals surface area contributed by atoms with Crippen LogP contribution in [0.15, 0.2) is 82.5 Å². The molecule has 0 saturated carbocycles. The van der Waals surface area contributed by atoms with Crippen molar-refractivity contribution in [1.82, 2.24) is 14.1 Å². The van der Waals surface area contributed by atoms with Crippen LogP contribution < -0.4 is 16.6 Å². The summed E-state index contributed by atoms with van der Waals surface area (Å²) in [7, 11) is 0. The number of carbonyl (C=O) groups is 2. The molecule has 0 unspecified atom stereocenters. The smallest absolute Gasteiger partial charge is 0.350 e. The number of ether oxygens (including phenoxy) is 1. The van der Waals surface area contributed by atoms with Crippen LogP contribution in [0.5, 0.6) is 0 Å². The Morgan fingerprint density at radius 2 is 1.69 bits per heavy atom. The van der Waals surface area contributed by atoms with Gasteiger partial charge in [0.05, 0.1) is 18.8 Å². The van der Waals surface area contributed by atoms with Gasteiger partial charge >= 0.3 is 11.7 Å². The van der Waals surface area contributed by atoms with Gasteiger partial charge in [-0.3, -0.25) is 18.7 Å². The molecule has 2 aromatic heterocycles. The maximum absolute atomic E-state index is 12.9. The summed E-state index contributed by atoms with van der Waals surface area (Å²) in [4.78, 5) is 55.0. The number of hydrogen-bond donors (Lipinski definition) is 1. The topological polar surface area (TPSA) is 112 Å². The first kappa shape index (κ1) is 23.8. The van der Waals surface area contributed by atoms with Gasteiger partial charge in [-0.1, -0.05) is 72.0 Å². The average molecular weight is 491 g/mol. The number of aromatic nitrogens is 3. The lowest BCUT2D eigenvalue weighted by Crippen LogP contribution is -2.41. The number of amides is 1. The van der Waals surface area contributed by atoms with Crippen LogP contribution >= 0.6 is 11.3 Å². The third kappa shape index (κ3) is 5.61. The largest absolute Gasteiger partial charge is 0.462 e. The summed E-state index contributed by atoms with van der Waals surface area (Å²) < 4.78 is 7.35. The van der Waals surface area contributed by atoms with Gasteiger partial charge in [0.15, 0.2) is 5.13 Å². The van der Waals surface area contributed by atoms with E-state index in [0.717, 1.165) is 21.5 Å². The second-order valence-corrected chi connectivity index (χ2v) is 8.47. The number of esters is 1. The molecule has 0 fully saturated rings. The Bertz CT molecular complexity index is 1460. The SMILES string of the molecule is CCOC(=O)c1sc(NC(=O)Cn2c(=O)ccn(Cc3ccccc3)c2=O)nc1-c1ccccc1. The van der Waals surface area contributed by atoms with Gasteiger partial charge in [-0.2, -0.15) is 0 Å². The number of nitrogens with zero attached hydrogens (tertiary/aromatic N) is 3. The van der Waals surface area contributed by atoms with Crippen molar-refractivity contribution in [3.05, 3.63) is 104 Å². The van der Waals surface area contributed by atoms with E-state index in [2.05, 4.69) is 10.3 Å². The molecule has 2 aromatic carbocycles. The van der Waals surface area contributed by atoms with Crippen LogP contribution in [0.4, 0.5) is 5.13 Å². The van der Waals surface area contributed by atoms with E-state index in [1.807, 2.05) is 48.5 Å². The number of anilines is 1. The summed E-state index contributed by atoms with van der Waals surface area (Å²) in [6.45, 7) is 1.66. The van der Waals surface area contributed by atoms with Crippen molar-refractivity contribution in [3.8, 4) is 11.3 Å². The fraction of sp³-hybridized carbons (Fsp3) is 0.160. The van der Waals surface area contributed by atoms with Crippen molar-refractivity contribution in [2.45, 2.75) is 20.0 Å². The van der Waals surface area contributed by atoms with Crippen molar-refractivity contribution >= 4 is 28.3 Å². The molecule has 1 amide bonds. The average Bonchev–Trinajstić information content (AvgIpc) is 3.29. The summed E-state index contributed by atoms with van der Waals surface area (Å²) >= 11 is 0.966. The molecule has 0 saturated heterocycles. The predicted octanol–water partition coefficient (Wildman–Crippen LogP) is 3.00. The first-order valence-electron chi connectivity index (χ1n) is 10.8. The number of thiazole rings is 1. The molecule has 9 nitrogen and oxygen atoms in total. The lowest BCUT2D eigenvalue weighted by Gasteiger charge is -2.09. The van der Waals surface area contributed by atoms with Gasteiger partial charge in [0.25, 0.3) is 5.56 Å². The van der Waals surface area contributed by atoms with Crippen LogP contribution in [-0.2, 0) is 22.6 Å². The first-order chi connectivity index (χ1) is 17.0. The Kier molecular flexibility index (Phi) is 7.32. The summed E-state index contributed by atoms with van der Waals surface area (Å²) in [6, 6.07) is 19.6. The molecule has 0 aliphatic heterocycles. The van der Waals surface area contributed by atoms with E-state index in [1.54, 1.807) is 19.1 Å². The van der Waals surface area contributed by atoms with Crippen molar-refractivity contribution in [3.63, 3.8) is 0 Å². The first-order valence-corrected chi connectivity index (χ1v) is 11.7. The molecule has 0 spiro atoms. The predicted molar refractivity (Wildman–Crippen MR) is 133 cm³/mol. The third-order valence-corrected chi connectivity index (χ3v) is 5.97. The van der Waals surface area contributed by atoms with Crippen molar-refractivity contribution in [1.29, 1.82) is 0 Å². The lowest BCUT2D eigenvalue weighted by atomic mass is 10.1. The Balaban J connectivity index is 1.57. The minimum Gasteiger partial charge on any atom is -0.462 e. The van der Waals surface area contributed by atoms with Crippen LogP contribution in [0.3, 0.4) is 0 Å². The van der Waals surface area contributed by atoms with E-state index < -0.39 is 29.7 Å². The van der Waals surface area contributed by atoms with E-state index in [0.29, 0.717) is 11.3 Å². The second kappa shape index (κ2) is 10.7. The quantitative estimate of drug-likeness (QED) is 0.380. The van der Waals surface area contributed by atoms with E-state index in [1.165, 1.54) is 16.8 Å². The molecule has 4 rings (SSSR count). The van der Waals surface area contributed by atoms with Gasteiger partial charge in [-0.15, -0.1) is 0 Å². The number of rotatable bonds is 8. The standard InChI is InChI=1S/C25H22N4O5S/c1-2-34-23(32)22-21(18-11-7-4-8-12-18)27-24(35-22)26-19(30)16-29-20(31)13-14-28(25(29)33)15-17-9-5-3-6-10-17/h3-14H,2,15-16H2,1H3,(H,26,27,30). The minimum absolute atomic E-state index is 0.158. The van der Waals surface area contributed by atoms with Gasteiger partial charge in [-0.25, -0.2) is 14.6 Å². The monoisotopic (exact) mass is 490 g/mol. The number of nitrogens with one attached hydrogen (secondary N) is 1. The van der Waals surface area contributed by atoms with Crippen LogP contribution in [0.2, 0.25) is 0 Å². The van der Waals surface area contributed by atoms with E-state index in [9.17, 15) is 19.2 Å². The van der Waals surface area contributed by atoms with Crippen molar-refractivity contribution < 1.29 is 14.3 Å². The minimum atomic E-state index is -0.620. The Hall–Kier alpha value is -4.31. The molecule has 4 aromatic rings. The van der Waals surface area contributed by atoms with Gasteiger partial charge in [0.2, 0.25) is 5.91 Å². The molecule has 178 valence electrons. The Morgan fingerprint density at radius 1 is 1.00 bits per heavy atom. The van der Waals surface area contributed by atoms with Crippen LogP contribution in [-0.4, -0.2) is 32.6 Å². The van der Waals surface area contributed by atoms with Crippen LogP contribution in [0.1, 0.15) is 22.2 Å². The lowest BCUT2D eigenvalue weighted by molar-refractivity contribution is -0.116. The Morgan fingerprint density at radius 3 is 2.37 bits per heavy atom. The fourth-order valence-electron chi connectivity index (χ4n) is 3.41. The molecule has 0 aliphatic carbocycles. The highest BCUT2D eigenvalue weighted by Crippen LogP contribution is 2.31. The fourth-order valence-corrected chi connectivity index (χ4v) is 4.30. The van der Waals surface area contributed by atoms with E-state index >= 15 is 0 Å². The van der Waals surface area contributed by atoms with E-state index in [-0.39, 0.29) is 23.2 Å². The zero-order valence-electron chi connectivity index (χ0n) is 18.8. The summed E-state index contributed by atoms with van der Waals surface area (Å²) in [6.07, 6.45) is 1.41. The molecule has 2 heterocycles. The highest BCUT2D eigenvalue weighted by molar-refractivity contribution is 7.18. The van der Waals surface area contributed by atoms with Gasteiger partial charge in [0, 0.05) is 17.8 Å². The highest BCUT2D eigenvalue weighted by Gasteiger charge is 2.22. The zero-order valence-corrected chi connectivity index (χ0v) is 19.7. The molecular weight excluding hydrogens is 468 g/mol. The molecule has 1 N–H and O–H groups in total. The van der Waals surface area contributed by atoms with Gasteiger partial charge in [0.1, 0.15) is 11.4 Å². The molecule has 10 heteroatoms. The molecule has 0 atom stereocenters. The van der Waals surface area contributed by atoms with Crippen molar-refractivity contribution in [2.75, 3.05) is 11.9 Å². The molecule has 0 bridgehead atoms. The summed E-state index contributed by atoms with van der Waals surface area (Å²) in [5, 5.41) is 2.75.